The molecule has 0 aliphatic heterocycles. The van der Waals surface area contributed by atoms with Gasteiger partial charge in [-0.2, -0.15) is 0 Å². The predicted molar refractivity (Wildman–Crippen MR) is 68.7 cm³/mol. The molecule has 0 fully saturated rings. The van der Waals surface area contributed by atoms with Gasteiger partial charge in [0.05, 0.1) is 17.1 Å². The highest BCUT2D eigenvalue weighted by Gasteiger charge is 2.12. The Morgan fingerprint density at radius 2 is 2.26 bits per heavy atom. The lowest BCUT2D eigenvalue weighted by Crippen LogP contribution is -2.20. The molecule has 2 N–H and O–H groups in total. The SMILES string of the molecule is COc1cc(C=C[N+](=O)[O-])cc(Cl)c1OCC(N)=O. The maximum atomic E-state index is 10.7. The number of hydrogen-bond acceptors (Lipinski definition) is 5. The van der Waals surface area contributed by atoms with Crippen molar-refractivity contribution < 1.29 is 19.2 Å². The summed E-state index contributed by atoms with van der Waals surface area (Å²) in [6.07, 6.45) is 2.03. The predicted octanol–water partition coefficient (Wildman–Crippen LogP) is 1.46. The number of benzene rings is 1. The molecule has 0 saturated carbocycles. The average molecular weight is 287 g/mol. The first-order valence-corrected chi connectivity index (χ1v) is 5.42. The Morgan fingerprint density at radius 3 is 2.79 bits per heavy atom. The van der Waals surface area contributed by atoms with Crippen molar-refractivity contribution in [2.24, 2.45) is 5.73 Å². The highest BCUT2D eigenvalue weighted by molar-refractivity contribution is 6.32. The van der Waals surface area contributed by atoms with Crippen LogP contribution >= 0.6 is 11.6 Å². The molecule has 102 valence electrons. The van der Waals surface area contributed by atoms with Crippen molar-refractivity contribution in [3.05, 3.63) is 39.0 Å². The lowest BCUT2D eigenvalue weighted by molar-refractivity contribution is -0.400. The second-order valence-electron chi connectivity index (χ2n) is 3.39. The zero-order chi connectivity index (χ0) is 14.4. The van der Waals surface area contributed by atoms with E-state index in [-0.39, 0.29) is 23.1 Å². The number of methoxy groups -OCH3 is 1. The largest absolute Gasteiger partial charge is 0.493 e. The Labute approximate surface area is 113 Å². The molecule has 1 amide bonds. The van der Waals surface area contributed by atoms with Gasteiger partial charge in [-0.05, 0) is 17.7 Å². The normalized spacial score (nSPS) is 10.4. The van der Waals surface area contributed by atoms with Crippen LogP contribution in [0.15, 0.2) is 18.3 Å². The molecule has 1 rings (SSSR count). The van der Waals surface area contributed by atoms with Gasteiger partial charge in [-0.25, -0.2) is 0 Å². The van der Waals surface area contributed by atoms with Crippen LogP contribution in [0.3, 0.4) is 0 Å². The van der Waals surface area contributed by atoms with Crippen molar-refractivity contribution in [3.8, 4) is 11.5 Å². The van der Waals surface area contributed by atoms with E-state index in [0.717, 1.165) is 6.20 Å². The van der Waals surface area contributed by atoms with Gasteiger partial charge in [-0.15, -0.1) is 0 Å². The van der Waals surface area contributed by atoms with Crippen LogP contribution in [0.1, 0.15) is 5.56 Å². The first-order chi connectivity index (χ1) is 8.93. The molecule has 0 bridgehead atoms. The van der Waals surface area contributed by atoms with Gasteiger partial charge in [-0.1, -0.05) is 11.6 Å². The molecular weight excluding hydrogens is 276 g/mol. The molecule has 0 heterocycles. The Morgan fingerprint density at radius 1 is 1.58 bits per heavy atom. The Hall–Kier alpha value is -2.28. The van der Waals surface area contributed by atoms with Gasteiger partial charge in [0.15, 0.2) is 18.1 Å². The van der Waals surface area contributed by atoms with Crippen molar-refractivity contribution in [2.75, 3.05) is 13.7 Å². The van der Waals surface area contributed by atoms with Crippen LogP contribution in [0.2, 0.25) is 5.02 Å². The highest BCUT2D eigenvalue weighted by Crippen LogP contribution is 2.36. The van der Waals surface area contributed by atoms with Gasteiger partial charge in [0.2, 0.25) is 6.20 Å². The molecule has 0 atom stereocenters. The van der Waals surface area contributed by atoms with E-state index in [1.165, 1.54) is 25.3 Å². The maximum absolute atomic E-state index is 10.7. The van der Waals surface area contributed by atoms with Gasteiger partial charge >= 0.3 is 0 Å². The average Bonchev–Trinajstić information content (AvgIpc) is 2.34. The second-order valence-corrected chi connectivity index (χ2v) is 3.80. The minimum atomic E-state index is -0.657. The number of primary amides is 1. The summed E-state index contributed by atoms with van der Waals surface area (Å²) in [6, 6.07) is 2.93. The van der Waals surface area contributed by atoms with Crippen LogP contribution in [0.25, 0.3) is 6.08 Å². The van der Waals surface area contributed by atoms with Crippen molar-refractivity contribution >= 4 is 23.6 Å². The summed E-state index contributed by atoms with van der Waals surface area (Å²) >= 11 is 5.95. The number of nitrogens with zero attached hydrogens (tertiary/aromatic N) is 1. The zero-order valence-electron chi connectivity index (χ0n) is 9.96. The molecule has 8 heteroatoms. The van der Waals surface area contributed by atoms with E-state index in [2.05, 4.69) is 0 Å². The zero-order valence-corrected chi connectivity index (χ0v) is 10.7. The number of ether oxygens (including phenoxy) is 2. The topological polar surface area (TPSA) is 105 Å². The third-order valence-electron chi connectivity index (χ3n) is 2.00. The van der Waals surface area contributed by atoms with E-state index in [0.29, 0.717) is 5.56 Å². The monoisotopic (exact) mass is 286 g/mol. The number of rotatable bonds is 6. The van der Waals surface area contributed by atoms with Gasteiger partial charge in [0.25, 0.3) is 5.91 Å². The van der Waals surface area contributed by atoms with E-state index < -0.39 is 10.8 Å². The van der Waals surface area contributed by atoms with Gasteiger partial charge in [-0.3, -0.25) is 14.9 Å². The van der Waals surface area contributed by atoms with E-state index in [4.69, 9.17) is 26.8 Å². The van der Waals surface area contributed by atoms with Gasteiger partial charge in [0, 0.05) is 6.08 Å². The number of hydrogen-bond donors (Lipinski definition) is 1. The van der Waals surface area contributed by atoms with E-state index in [1.807, 2.05) is 0 Å². The quantitative estimate of drug-likeness (QED) is 0.629. The number of amides is 1. The summed E-state index contributed by atoms with van der Waals surface area (Å²) < 4.78 is 10.2. The Balaban J connectivity index is 3.07. The molecule has 1 aromatic carbocycles. The highest BCUT2D eigenvalue weighted by atomic mass is 35.5. The number of carbonyl (C=O) groups is 1. The smallest absolute Gasteiger partial charge is 0.255 e. The first kappa shape index (κ1) is 14.8. The molecular formula is C11H11ClN2O5. The van der Waals surface area contributed by atoms with Gasteiger partial charge in [0.1, 0.15) is 0 Å². The Bertz CT molecular complexity index is 530. The molecule has 0 saturated heterocycles. The molecule has 0 aliphatic rings. The Kier molecular flexibility index (Phi) is 5.13. The third kappa shape index (κ3) is 4.47. The number of nitrogens with two attached hydrogens (primary N) is 1. The van der Waals surface area contributed by atoms with E-state index >= 15 is 0 Å². The molecule has 0 aliphatic carbocycles. The van der Waals surface area contributed by atoms with Crippen LogP contribution in [-0.2, 0) is 4.79 Å². The standard InChI is InChI=1S/C11H11ClN2O5/c1-18-9-5-7(2-3-14(16)17)4-8(12)11(9)19-6-10(13)15/h2-5H,6H2,1H3,(H2,13,15). The van der Waals surface area contributed by atoms with E-state index in [1.54, 1.807) is 0 Å². The van der Waals surface area contributed by atoms with Crippen molar-refractivity contribution in [3.63, 3.8) is 0 Å². The van der Waals surface area contributed by atoms with Crippen LogP contribution in [0, 0.1) is 10.1 Å². The van der Waals surface area contributed by atoms with Crippen molar-refractivity contribution in [1.82, 2.24) is 0 Å². The van der Waals surface area contributed by atoms with Crippen LogP contribution in [0.4, 0.5) is 0 Å². The summed E-state index contributed by atoms with van der Waals surface area (Å²) in [6.45, 7) is -0.347. The molecule has 1 aromatic rings. The second kappa shape index (κ2) is 6.60. The number of carbonyl (C=O) groups excluding carboxylic acids is 1. The number of nitro groups is 1. The van der Waals surface area contributed by atoms with E-state index in [9.17, 15) is 14.9 Å². The third-order valence-corrected chi connectivity index (χ3v) is 2.28. The summed E-state index contributed by atoms with van der Waals surface area (Å²) in [5.41, 5.74) is 5.42. The lowest BCUT2D eigenvalue weighted by Gasteiger charge is -2.11. The summed E-state index contributed by atoms with van der Waals surface area (Å²) in [4.78, 5) is 20.3. The fraction of sp³-hybridized carbons (Fsp3) is 0.182. The molecule has 19 heavy (non-hydrogen) atoms. The minimum Gasteiger partial charge on any atom is -0.493 e. The van der Waals surface area contributed by atoms with Gasteiger partial charge < -0.3 is 15.2 Å². The minimum absolute atomic E-state index is 0.154. The molecule has 0 aromatic heterocycles. The molecule has 0 spiro atoms. The summed E-state index contributed by atoms with van der Waals surface area (Å²) in [5, 5.41) is 10.4. The molecule has 7 nitrogen and oxygen atoms in total. The first-order valence-electron chi connectivity index (χ1n) is 5.04. The number of halogens is 1. The summed E-state index contributed by atoms with van der Waals surface area (Å²) in [7, 11) is 1.38. The summed E-state index contributed by atoms with van der Waals surface area (Å²) in [5.74, 6) is -0.256. The fourth-order valence-electron chi connectivity index (χ4n) is 1.27. The molecule has 0 radical (unpaired) electrons. The lowest BCUT2D eigenvalue weighted by atomic mass is 10.2. The van der Waals surface area contributed by atoms with Crippen LogP contribution in [0.5, 0.6) is 11.5 Å². The van der Waals surface area contributed by atoms with Crippen LogP contribution in [-0.4, -0.2) is 24.5 Å². The molecule has 0 unspecified atom stereocenters. The van der Waals surface area contributed by atoms with Crippen molar-refractivity contribution in [1.29, 1.82) is 0 Å². The fourth-order valence-corrected chi connectivity index (χ4v) is 1.54. The van der Waals surface area contributed by atoms with Crippen molar-refractivity contribution in [2.45, 2.75) is 0 Å². The maximum Gasteiger partial charge on any atom is 0.255 e. The van der Waals surface area contributed by atoms with Crippen LogP contribution < -0.4 is 15.2 Å².